The molecular formula is C12H24N2O2S2. The third-order valence-corrected chi connectivity index (χ3v) is 7.25. The average Bonchev–Trinajstić information content (AvgIpc) is 2.76. The summed E-state index contributed by atoms with van der Waals surface area (Å²) in [4.78, 5) is 0. The molecule has 1 N–H and O–H groups in total. The summed E-state index contributed by atoms with van der Waals surface area (Å²) in [5.74, 6) is 1.48. The molecule has 6 heteroatoms. The highest BCUT2D eigenvalue weighted by atomic mass is 32.2. The summed E-state index contributed by atoms with van der Waals surface area (Å²) in [5, 5.41) is 4.41. The van der Waals surface area contributed by atoms with Gasteiger partial charge in [0.1, 0.15) is 0 Å². The quantitative estimate of drug-likeness (QED) is 0.848. The van der Waals surface area contributed by atoms with Crippen LogP contribution < -0.4 is 5.32 Å². The van der Waals surface area contributed by atoms with Crippen LogP contribution in [0.5, 0.6) is 0 Å². The van der Waals surface area contributed by atoms with E-state index in [-0.39, 0.29) is 5.75 Å². The number of nitrogens with zero attached hydrogens (tertiary/aromatic N) is 1. The van der Waals surface area contributed by atoms with E-state index < -0.39 is 10.0 Å². The molecule has 0 aromatic heterocycles. The Bertz CT molecular complexity index is 364. The molecule has 0 spiro atoms. The smallest absolute Gasteiger partial charge is 0.213 e. The number of sulfonamides is 1. The Kier molecular flexibility index (Phi) is 4.97. The Hall–Kier alpha value is 0.220. The molecule has 0 aromatic rings. The summed E-state index contributed by atoms with van der Waals surface area (Å²) < 4.78 is 25.2. The minimum Gasteiger partial charge on any atom is -0.310 e. The van der Waals surface area contributed by atoms with E-state index in [1.54, 1.807) is 11.2 Å². The zero-order chi connectivity index (χ0) is 13.2. The molecule has 0 aliphatic carbocycles. The van der Waals surface area contributed by atoms with E-state index in [1.165, 1.54) is 12.2 Å². The van der Waals surface area contributed by atoms with Gasteiger partial charge in [-0.2, -0.15) is 11.8 Å². The zero-order valence-electron chi connectivity index (χ0n) is 11.3. The zero-order valence-corrected chi connectivity index (χ0v) is 12.9. The minimum absolute atomic E-state index is 0.224. The number of hydrogen-bond donors (Lipinski definition) is 1. The highest BCUT2D eigenvalue weighted by molar-refractivity contribution is 8.00. The van der Waals surface area contributed by atoms with Gasteiger partial charge in [-0.3, -0.25) is 0 Å². The number of nitrogens with one attached hydrogen (secondary N) is 1. The molecule has 2 heterocycles. The second-order valence-corrected chi connectivity index (χ2v) is 8.95. The second kappa shape index (κ2) is 6.11. The SMILES string of the molecule is CCS(=O)(=O)N1CCC(NC2CCSC2C)CC1. The van der Waals surface area contributed by atoms with Gasteiger partial charge in [-0.25, -0.2) is 12.7 Å². The van der Waals surface area contributed by atoms with Gasteiger partial charge in [0.05, 0.1) is 5.75 Å². The van der Waals surface area contributed by atoms with Crippen LogP contribution in [0.2, 0.25) is 0 Å². The van der Waals surface area contributed by atoms with Crippen molar-refractivity contribution in [3.8, 4) is 0 Å². The number of thioether (sulfide) groups is 1. The summed E-state index contributed by atoms with van der Waals surface area (Å²) in [6, 6.07) is 1.12. The lowest BCUT2D eigenvalue weighted by Crippen LogP contribution is -2.49. The number of rotatable bonds is 4. The van der Waals surface area contributed by atoms with E-state index in [4.69, 9.17) is 0 Å². The molecule has 2 atom stereocenters. The van der Waals surface area contributed by atoms with Gasteiger partial charge in [0.2, 0.25) is 10.0 Å². The van der Waals surface area contributed by atoms with E-state index >= 15 is 0 Å². The van der Waals surface area contributed by atoms with Gasteiger partial charge >= 0.3 is 0 Å². The third-order valence-electron chi connectivity index (χ3n) is 4.04. The van der Waals surface area contributed by atoms with Crippen molar-refractivity contribution in [3.63, 3.8) is 0 Å². The molecule has 0 saturated carbocycles. The number of piperidine rings is 1. The molecular weight excluding hydrogens is 268 g/mol. The molecule has 2 aliphatic heterocycles. The van der Waals surface area contributed by atoms with E-state index in [2.05, 4.69) is 12.2 Å². The molecule has 2 unspecified atom stereocenters. The summed E-state index contributed by atoms with van der Waals surface area (Å²) in [6.07, 6.45) is 3.15. The van der Waals surface area contributed by atoms with Crippen LogP contribution in [0.3, 0.4) is 0 Å². The van der Waals surface area contributed by atoms with E-state index in [9.17, 15) is 8.42 Å². The van der Waals surface area contributed by atoms with Gasteiger partial charge in [0.15, 0.2) is 0 Å². The summed E-state index contributed by atoms with van der Waals surface area (Å²) in [6.45, 7) is 5.37. The van der Waals surface area contributed by atoms with Crippen molar-refractivity contribution in [2.24, 2.45) is 0 Å². The predicted octanol–water partition coefficient (Wildman–Crippen LogP) is 1.28. The van der Waals surface area contributed by atoms with Crippen molar-refractivity contribution in [1.82, 2.24) is 9.62 Å². The molecule has 0 amide bonds. The van der Waals surface area contributed by atoms with Crippen molar-refractivity contribution < 1.29 is 8.42 Å². The van der Waals surface area contributed by atoms with Gasteiger partial charge in [-0.1, -0.05) is 6.92 Å². The highest BCUT2D eigenvalue weighted by Crippen LogP contribution is 2.27. The first-order chi connectivity index (χ1) is 8.53. The fourth-order valence-corrected chi connectivity index (χ4v) is 5.08. The topological polar surface area (TPSA) is 49.4 Å². The normalized spacial score (nSPS) is 31.9. The molecule has 0 aromatic carbocycles. The van der Waals surface area contributed by atoms with Crippen LogP contribution in [-0.4, -0.2) is 54.7 Å². The van der Waals surface area contributed by atoms with Gasteiger partial charge < -0.3 is 5.32 Å². The molecule has 2 rings (SSSR count). The molecule has 18 heavy (non-hydrogen) atoms. The Morgan fingerprint density at radius 2 is 1.94 bits per heavy atom. The van der Waals surface area contributed by atoms with Crippen molar-refractivity contribution in [1.29, 1.82) is 0 Å². The Morgan fingerprint density at radius 3 is 2.44 bits per heavy atom. The average molecular weight is 292 g/mol. The van der Waals surface area contributed by atoms with Crippen LogP contribution in [-0.2, 0) is 10.0 Å². The van der Waals surface area contributed by atoms with Crippen LogP contribution in [0, 0.1) is 0 Å². The van der Waals surface area contributed by atoms with Crippen molar-refractivity contribution in [2.75, 3.05) is 24.6 Å². The maximum Gasteiger partial charge on any atom is 0.213 e. The van der Waals surface area contributed by atoms with Crippen LogP contribution in [0.4, 0.5) is 0 Å². The van der Waals surface area contributed by atoms with E-state index in [0.717, 1.165) is 12.8 Å². The molecule has 106 valence electrons. The van der Waals surface area contributed by atoms with Crippen LogP contribution in [0.1, 0.15) is 33.1 Å². The lowest BCUT2D eigenvalue weighted by molar-refractivity contribution is 0.272. The lowest BCUT2D eigenvalue weighted by atomic mass is 10.0. The molecule has 2 fully saturated rings. The maximum absolute atomic E-state index is 11.8. The van der Waals surface area contributed by atoms with Gasteiger partial charge in [-0.15, -0.1) is 0 Å². The van der Waals surface area contributed by atoms with Crippen molar-refractivity contribution in [3.05, 3.63) is 0 Å². The molecule has 0 bridgehead atoms. The van der Waals surface area contributed by atoms with Crippen LogP contribution >= 0.6 is 11.8 Å². The van der Waals surface area contributed by atoms with Crippen molar-refractivity contribution in [2.45, 2.75) is 50.4 Å². The predicted molar refractivity (Wildman–Crippen MR) is 77.5 cm³/mol. The van der Waals surface area contributed by atoms with Crippen LogP contribution in [0.25, 0.3) is 0 Å². The Balaban J connectivity index is 1.80. The van der Waals surface area contributed by atoms with Crippen molar-refractivity contribution >= 4 is 21.8 Å². The Labute approximate surface area is 115 Å². The van der Waals surface area contributed by atoms with Gasteiger partial charge in [-0.05, 0) is 31.9 Å². The van der Waals surface area contributed by atoms with E-state index in [1.807, 2.05) is 11.8 Å². The fraction of sp³-hybridized carbons (Fsp3) is 1.00. The fourth-order valence-electron chi connectivity index (χ4n) is 2.74. The third kappa shape index (κ3) is 3.40. The summed E-state index contributed by atoms with van der Waals surface area (Å²) >= 11 is 2.03. The molecule has 0 radical (unpaired) electrons. The van der Waals surface area contributed by atoms with E-state index in [0.29, 0.717) is 30.4 Å². The summed E-state index contributed by atoms with van der Waals surface area (Å²) in [5.41, 5.74) is 0. The van der Waals surface area contributed by atoms with Gasteiger partial charge in [0, 0.05) is 30.4 Å². The van der Waals surface area contributed by atoms with Crippen LogP contribution in [0.15, 0.2) is 0 Å². The number of hydrogen-bond acceptors (Lipinski definition) is 4. The Morgan fingerprint density at radius 1 is 1.28 bits per heavy atom. The standard InChI is InChI=1S/C12H24N2O2S2/c1-3-18(15,16)14-7-4-11(5-8-14)13-12-6-9-17-10(12)2/h10-13H,3-9H2,1-2H3. The minimum atomic E-state index is -2.98. The monoisotopic (exact) mass is 292 g/mol. The molecule has 4 nitrogen and oxygen atoms in total. The first-order valence-corrected chi connectivity index (χ1v) is 9.54. The molecule has 2 saturated heterocycles. The highest BCUT2D eigenvalue weighted by Gasteiger charge is 2.30. The first kappa shape index (κ1) is 14.6. The first-order valence-electron chi connectivity index (χ1n) is 6.88. The maximum atomic E-state index is 11.8. The summed E-state index contributed by atoms with van der Waals surface area (Å²) in [7, 11) is -2.98. The van der Waals surface area contributed by atoms with Gasteiger partial charge in [0.25, 0.3) is 0 Å². The largest absolute Gasteiger partial charge is 0.310 e. The molecule has 2 aliphatic rings. The second-order valence-electron chi connectivity index (χ2n) is 5.21. The lowest BCUT2D eigenvalue weighted by Gasteiger charge is -2.33.